The molecule has 0 aliphatic carbocycles. The van der Waals surface area contributed by atoms with Crippen LogP contribution in [0.5, 0.6) is 0 Å². The summed E-state index contributed by atoms with van der Waals surface area (Å²) in [5.74, 6) is 1.39. The predicted molar refractivity (Wildman–Crippen MR) is 103 cm³/mol. The number of nitrogens with zero attached hydrogens (tertiary/aromatic N) is 4. The fourth-order valence-corrected chi connectivity index (χ4v) is 4.19. The summed E-state index contributed by atoms with van der Waals surface area (Å²) in [5, 5.41) is 4.91. The van der Waals surface area contributed by atoms with E-state index in [1.54, 1.807) is 18.3 Å². The van der Waals surface area contributed by atoms with E-state index in [1.165, 1.54) is 6.07 Å². The third-order valence-electron chi connectivity index (χ3n) is 5.39. The van der Waals surface area contributed by atoms with E-state index >= 15 is 0 Å². The van der Waals surface area contributed by atoms with Gasteiger partial charge in [0.2, 0.25) is 0 Å². The second-order valence-electron chi connectivity index (χ2n) is 7.52. The van der Waals surface area contributed by atoms with Gasteiger partial charge in [0.1, 0.15) is 22.9 Å². The van der Waals surface area contributed by atoms with E-state index in [0.717, 1.165) is 52.1 Å². The van der Waals surface area contributed by atoms with Gasteiger partial charge in [0, 0.05) is 24.1 Å². The molecule has 4 aromatic rings. The van der Waals surface area contributed by atoms with Crippen LogP contribution < -0.4 is 0 Å². The summed E-state index contributed by atoms with van der Waals surface area (Å²) < 4.78 is 27.3. The van der Waals surface area contributed by atoms with Gasteiger partial charge in [-0.3, -0.25) is 4.98 Å². The molecule has 2 atom stereocenters. The quantitative estimate of drug-likeness (QED) is 0.529. The Morgan fingerprint density at radius 3 is 2.93 bits per heavy atom. The van der Waals surface area contributed by atoms with Crippen molar-refractivity contribution in [2.24, 2.45) is 0 Å². The molecule has 1 saturated heterocycles. The molecule has 28 heavy (non-hydrogen) atoms. The van der Waals surface area contributed by atoms with E-state index in [1.807, 2.05) is 13.0 Å². The summed E-state index contributed by atoms with van der Waals surface area (Å²) >= 11 is 0. The molecule has 5 rings (SSSR count). The molecule has 0 radical (unpaired) electrons. The van der Waals surface area contributed by atoms with Gasteiger partial charge < -0.3 is 13.8 Å². The molecule has 144 valence electrons. The molecule has 7 heteroatoms. The lowest BCUT2D eigenvalue weighted by molar-refractivity contribution is 0.00630. The Balaban J connectivity index is 1.74. The summed E-state index contributed by atoms with van der Waals surface area (Å²) in [4.78, 5) is 9.33. The molecule has 1 aliphatic heterocycles. The van der Waals surface area contributed by atoms with E-state index in [0.29, 0.717) is 13.0 Å². The lowest BCUT2D eigenvalue weighted by atomic mass is 10.0. The number of halogens is 1. The Labute approximate surface area is 161 Å². The van der Waals surface area contributed by atoms with Gasteiger partial charge in [-0.2, -0.15) is 0 Å². The van der Waals surface area contributed by atoms with Crippen LogP contribution >= 0.6 is 0 Å². The molecule has 6 nitrogen and oxygen atoms in total. The fraction of sp³-hybridized carbons (Fsp3) is 0.381. The number of pyridine rings is 1. The highest BCUT2D eigenvalue weighted by Gasteiger charge is 2.26. The molecule has 3 aromatic heterocycles. The van der Waals surface area contributed by atoms with Crippen molar-refractivity contribution in [3.63, 3.8) is 0 Å². The van der Waals surface area contributed by atoms with Crippen molar-refractivity contribution in [1.29, 1.82) is 0 Å². The van der Waals surface area contributed by atoms with Crippen molar-refractivity contribution in [2.45, 2.75) is 45.3 Å². The maximum atomic E-state index is 14.1. The molecule has 1 aromatic carbocycles. The first-order chi connectivity index (χ1) is 13.6. The number of benzene rings is 1. The van der Waals surface area contributed by atoms with Crippen LogP contribution in [0.15, 0.2) is 35.0 Å². The van der Waals surface area contributed by atoms with Gasteiger partial charge in [0.15, 0.2) is 0 Å². The molecule has 1 aliphatic rings. The summed E-state index contributed by atoms with van der Waals surface area (Å²) in [6, 6.07) is 6.86. The largest absolute Gasteiger partial charge is 0.378 e. The third kappa shape index (κ3) is 2.96. The predicted octanol–water partition coefficient (Wildman–Crippen LogP) is 4.35. The van der Waals surface area contributed by atoms with Crippen molar-refractivity contribution in [2.75, 3.05) is 6.61 Å². The normalized spacial score (nSPS) is 20.2. The fourth-order valence-electron chi connectivity index (χ4n) is 4.19. The topological polar surface area (TPSA) is 66.0 Å². The number of ether oxygens (including phenoxy) is 1. The minimum atomic E-state index is -0.274. The minimum absolute atomic E-state index is 0.170. The highest BCUT2D eigenvalue weighted by atomic mass is 19.1. The molecule has 4 heterocycles. The maximum absolute atomic E-state index is 14.1. The molecule has 0 saturated carbocycles. The lowest BCUT2D eigenvalue weighted by Crippen LogP contribution is -2.26. The van der Waals surface area contributed by atoms with E-state index < -0.39 is 0 Å². The standard InChI is InChI=1S/C21H21FN4O2/c1-12-8-16(5-6-27-12)26-20(10-15-7-13(2)28-25-15)24-19-11-23-18-4-3-14(22)9-17(18)21(19)26/h3-4,7,9,11-12,16H,5-6,8,10H2,1-2H3/t12-,16-/m1/s1. The SMILES string of the molecule is Cc1cc(Cc2nc3cnc4ccc(F)cc4c3n2[C@@H]2CCO[C@H](C)C2)no1. The number of hydrogen-bond acceptors (Lipinski definition) is 5. The van der Waals surface area contributed by atoms with Crippen LogP contribution in [0, 0.1) is 12.7 Å². The second kappa shape index (κ2) is 6.67. The van der Waals surface area contributed by atoms with Gasteiger partial charge in [0.25, 0.3) is 0 Å². The van der Waals surface area contributed by atoms with Gasteiger partial charge in [-0.05, 0) is 44.9 Å². The summed E-state index contributed by atoms with van der Waals surface area (Å²) in [7, 11) is 0. The number of aryl methyl sites for hydroxylation is 1. The molecule has 0 spiro atoms. The van der Waals surface area contributed by atoms with Crippen LogP contribution in [-0.4, -0.2) is 32.4 Å². The van der Waals surface area contributed by atoms with Crippen LogP contribution in [0.3, 0.4) is 0 Å². The smallest absolute Gasteiger partial charge is 0.133 e. The van der Waals surface area contributed by atoms with Crippen LogP contribution in [0.2, 0.25) is 0 Å². The molecule has 0 N–H and O–H groups in total. The van der Waals surface area contributed by atoms with Gasteiger partial charge in [0.05, 0.1) is 35.4 Å². The highest BCUT2D eigenvalue weighted by molar-refractivity contribution is 6.02. The Kier molecular flexibility index (Phi) is 4.12. The Morgan fingerprint density at radius 2 is 2.14 bits per heavy atom. The zero-order chi connectivity index (χ0) is 19.3. The average Bonchev–Trinajstić information content (AvgIpc) is 3.25. The van der Waals surface area contributed by atoms with Crippen LogP contribution in [0.1, 0.15) is 43.1 Å². The Bertz CT molecular complexity index is 1170. The van der Waals surface area contributed by atoms with E-state index in [4.69, 9.17) is 14.2 Å². The van der Waals surface area contributed by atoms with Crippen LogP contribution in [0.25, 0.3) is 21.9 Å². The Hall–Kier alpha value is -2.80. The average molecular weight is 380 g/mol. The first-order valence-electron chi connectivity index (χ1n) is 9.57. The van der Waals surface area contributed by atoms with Gasteiger partial charge in [-0.15, -0.1) is 0 Å². The first kappa shape index (κ1) is 17.3. The van der Waals surface area contributed by atoms with Gasteiger partial charge >= 0.3 is 0 Å². The van der Waals surface area contributed by atoms with Crippen LogP contribution in [-0.2, 0) is 11.2 Å². The third-order valence-corrected chi connectivity index (χ3v) is 5.39. The lowest BCUT2D eigenvalue weighted by Gasteiger charge is -2.30. The van der Waals surface area contributed by atoms with Crippen molar-refractivity contribution < 1.29 is 13.7 Å². The molecule has 0 unspecified atom stereocenters. The zero-order valence-corrected chi connectivity index (χ0v) is 15.9. The maximum Gasteiger partial charge on any atom is 0.133 e. The number of imidazole rings is 1. The molecule has 0 amide bonds. The minimum Gasteiger partial charge on any atom is -0.378 e. The summed E-state index contributed by atoms with van der Waals surface area (Å²) in [6.45, 7) is 4.66. The van der Waals surface area contributed by atoms with Crippen molar-refractivity contribution in [3.8, 4) is 0 Å². The zero-order valence-electron chi connectivity index (χ0n) is 15.9. The number of aromatic nitrogens is 4. The van der Waals surface area contributed by atoms with E-state index in [2.05, 4.69) is 21.6 Å². The van der Waals surface area contributed by atoms with Crippen molar-refractivity contribution in [3.05, 3.63) is 53.6 Å². The van der Waals surface area contributed by atoms with Crippen molar-refractivity contribution >= 4 is 21.9 Å². The first-order valence-corrected chi connectivity index (χ1v) is 9.57. The number of fused-ring (bicyclic) bond motifs is 3. The van der Waals surface area contributed by atoms with Crippen molar-refractivity contribution in [1.82, 2.24) is 19.7 Å². The second-order valence-corrected chi connectivity index (χ2v) is 7.52. The highest BCUT2D eigenvalue weighted by Crippen LogP contribution is 2.34. The van der Waals surface area contributed by atoms with E-state index in [9.17, 15) is 4.39 Å². The number of hydrogen-bond donors (Lipinski definition) is 0. The van der Waals surface area contributed by atoms with E-state index in [-0.39, 0.29) is 18.0 Å². The summed E-state index contributed by atoms with van der Waals surface area (Å²) in [5.41, 5.74) is 3.29. The van der Waals surface area contributed by atoms with Gasteiger partial charge in [-0.1, -0.05) is 5.16 Å². The molecule has 1 fully saturated rings. The molecule has 0 bridgehead atoms. The Morgan fingerprint density at radius 1 is 1.25 bits per heavy atom. The van der Waals surface area contributed by atoms with Crippen LogP contribution in [0.4, 0.5) is 4.39 Å². The molecular weight excluding hydrogens is 359 g/mol. The molecular formula is C21H21FN4O2. The number of rotatable bonds is 3. The monoisotopic (exact) mass is 380 g/mol. The van der Waals surface area contributed by atoms with Gasteiger partial charge in [-0.25, -0.2) is 9.37 Å². The summed E-state index contributed by atoms with van der Waals surface area (Å²) in [6.07, 6.45) is 4.26.